The molecule has 0 spiro atoms. The molecule has 3 rings (SSSR count). The first-order valence-corrected chi connectivity index (χ1v) is 7.88. The zero-order valence-corrected chi connectivity index (χ0v) is 13.5. The van der Waals surface area contributed by atoms with Crippen LogP contribution in [0.5, 0.6) is 5.75 Å². The van der Waals surface area contributed by atoms with E-state index in [9.17, 15) is 9.59 Å². The molecule has 2 aromatic rings. The minimum Gasteiger partial charge on any atom is -0.481 e. The van der Waals surface area contributed by atoms with Crippen LogP contribution in [0.4, 0.5) is 0 Å². The number of carbonyl (C=O) groups is 1. The van der Waals surface area contributed by atoms with E-state index in [1.807, 2.05) is 37.3 Å². The van der Waals surface area contributed by atoms with Gasteiger partial charge >= 0.3 is 0 Å². The largest absolute Gasteiger partial charge is 0.481 e. The monoisotopic (exact) mass is 328 g/mol. The lowest BCUT2D eigenvalue weighted by Crippen LogP contribution is -2.48. The van der Waals surface area contributed by atoms with Gasteiger partial charge in [-0.2, -0.15) is 0 Å². The van der Waals surface area contributed by atoms with Gasteiger partial charge in [0.25, 0.3) is 5.91 Å². The summed E-state index contributed by atoms with van der Waals surface area (Å²) in [5.41, 5.74) is 6.00. The van der Waals surface area contributed by atoms with Gasteiger partial charge in [-0.05, 0) is 25.3 Å². The molecule has 1 saturated carbocycles. The summed E-state index contributed by atoms with van der Waals surface area (Å²) in [5, 5.41) is 2.87. The number of ether oxygens (including phenoxy) is 1. The Kier molecular flexibility index (Phi) is 4.40. The standard InChI is InChI=1S/C18H20N2O4/c1-12(19)18(8-9-18)20-17(22)16-15(14(21)7-10-23-16)24-11-13-5-3-2-4-6-13/h2-7,10,12H,8-9,11,19H2,1H3,(H,20,22). The molecule has 0 saturated heterocycles. The van der Waals surface area contributed by atoms with Crippen molar-refractivity contribution in [1.29, 1.82) is 0 Å². The highest BCUT2D eigenvalue weighted by molar-refractivity contribution is 5.94. The van der Waals surface area contributed by atoms with Gasteiger partial charge in [0.05, 0.1) is 11.8 Å². The second-order valence-corrected chi connectivity index (χ2v) is 6.12. The molecule has 24 heavy (non-hydrogen) atoms. The Labute approximate surface area is 139 Å². The second kappa shape index (κ2) is 6.49. The molecule has 1 atom stereocenters. The van der Waals surface area contributed by atoms with Crippen LogP contribution in [-0.2, 0) is 6.61 Å². The number of hydrogen-bond donors (Lipinski definition) is 2. The van der Waals surface area contributed by atoms with E-state index < -0.39 is 16.9 Å². The average molecular weight is 328 g/mol. The quantitative estimate of drug-likeness (QED) is 0.843. The van der Waals surface area contributed by atoms with Gasteiger partial charge in [-0.1, -0.05) is 30.3 Å². The van der Waals surface area contributed by atoms with Crippen LogP contribution >= 0.6 is 0 Å². The smallest absolute Gasteiger partial charge is 0.291 e. The molecule has 1 heterocycles. The van der Waals surface area contributed by atoms with Crippen LogP contribution in [0, 0.1) is 0 Å². The molecule has 6 heteroatoms. The van der Waals surface area contributed by atoms with Gasteiger partial charge in [-0.25, -0.2) is 0 Å². The highest BCUT2D eigenvalue weighted by atomic mass is 16.5. The van der Waals surface area contributed by atoms with E-state index in [-0.39, 0.29) is 24.2 Å². The van der Waals surface area contributed by atoms with E-state index in [1.54, 1.807) is 0 Å². The summed E-state index contributed by atoms with van der Waals surface area (Å²) < 4.78 is 10.8. The van der Waals surface area contributed by atoms with E-state index in [0.717, 1.165) is 18.4 Å². The van der Waals surface area contributed by atoms with Crippen molar-refractivity contribution in [2.75, 3.05) is 0 Å². The summed E-state index contributed by atoms with van der Waals surface area (Å²) in [6.07, 6.45) is 2.82. The van der Waals surface area contributed by atoms with Crippen LogP contribution in [0.3, 0.4) is 0 Å². The molecule has 1 aliphatic carbocycles. The minimum atomic E-state index is -0.481. The third-order valence-electron chi connectivity index (χ3n) is 4.29. The van der Waals surface area contributed by atoms with Crippen molar-refractivity contribution >= 4 is 5.91 Å². The van der Waals surface area contributed by atoms with E-state index in [1.165, 1.54) is 12.3 Å². The van der Waals surface area contributed by atoms with Crippen LogP contribution in [0.15, 0.2) is 51.9 Å². The fourth-order valence-corrected chi connectivity index (χ4v) is 2.54. The lowest BCUT2D eigenvalue weighted by Gasteiger charge is -2.21. The first-order chi connectivity index (χ1) is 11.5. The van der Waals surface area contributed by atoms with Gasteiger partial charge < -0.3 is 20.2 Å². The van der Waals surface area contributed by atoms with E-state index in [2.05, 4.69) is 5.32 Å². The third kappa shape index (κ3) is 3.33. The molecule has 1 aromatic carbocycles. The molecular formula is C18H20N2O4. The van der Waals surface area contributed by atoms with Gasteiger partial charge in [0, 0.05) is 12.1 Å². The van der Waals surface area contributed by atoms with E-state index in [0.29, 0.717) is 0 Å². The van der Waals surface area contributed by atoms with Crippen LogP contribution in [0.25, 0.3) is 0 Å². The van der Waals surface area contributed by atoms with Crippen LogP contribution in [0.2, 0.25) is 0 Å². The number of hydrogen-bond acceptors (Lipinski definition) is 5. The summed E-state index contributed by atoms with van der Waals surface area (Å²) in [6.45, 7) is 2.02. The van der Waals surface area contributed by atoms with Gasteiger partial charge in [-0.15, -0.1) is 0 Å². The number of benzene rings is 1. The Morgan fingerprint density at radius 2 is 2.04 bits per heavy atom. The summed E-state index contributed by atoms with van der Waals surface area (Å²) in [6, 6.07) is 10.4. The Morgan fingerprint density at radius 3 is 2.67 bits per heavy atom. The van der Waals surface area contributed by atoms with Gasteiger partial charge in [-0.3, -0.25) is 9.59 Å². The Bertz CT molecular complexity index is 779. The number of nitrogens with two attached hydrogens (primary N) is 1. The van der Waals surface area contributed by atoms with Crippen LogP contribution < -0.4 is 21.2 Å². The highest BCUT2D eigenvalue weighted by Crippen LogP contribution is 2.38. The maximum absolute atomic E-state index is 12.5. The number of carbonyl (C=O) groups excluding carboxylic acids is 1. The minimum absolute atomic E-state index is 0.0840. The molecule has 1 aliphatic rings. The highest BCUT2D eigenvalue weighted by Gasteiger charge is 2.48. The topological polar surface area (TPSA) is 94.6 Å². The van der Waals surface area contributed by atoms with Gasteiger partial charge in [0.1, 0.15) is 6.61 Å². The molecule has 6 nitrogen and oxygen atoms in total. The fraction of sp³-hybridized carbons (Fsp3) is 0.333. The van der Waals surface area contributed by atoms with Crippen molar-refractivity contribution in [2.45, 2.75) is 38.0 Å². The molecule has 1 aromatic heterocycles. The van der Waals surface area contributed by atoms with Crippen molar-refractivity contribution in [2.24, 2.45) is 5.73 Å². The SMILES string of the molecule is CC(N)C1(NC(=O)c2occc(=O)c2OCc2ccccc2)CC1. The Hall–Kier alpha value is -2.60. The van der Waals surface area contributed by atoms with Crippen LogP contribution in [-0.4, -0.2) is 17.5 Å². The molecule has 0 radical (unpaired) electrons. The molecule has 0 aliphatic heterocycles. The number of rotatable bonds is 6. The molecule has 1 unspecified atom stereocenters. The van der Waals surface area contributed by atoms with Crippen molar-refractivity contribution in [3.8, 4) is 5.75 Å². The van der Waals surface area contributed by atoms with Crippen molar-refractivity contribution < 1.29 is 13.9 Å². The van der Waals surface area contributed by atoms with Gasteiger partial charge in [0.15, 0.2) is 0 Å². The average Bonchev–Trinajstić information content (AvgIpc) is 3.35. The molecule has 1 amide bonds. The Morgan fingerprint density at radius 1 is 1.33 bits per heavy atom. The fourth-order valence-electron chi connectivity index (χ4n) is 2.54. The zero-order chi connectivity index (χ0) is 17.2. The number of nitrogens with one attached hydrogen (secondary N) is 1. The first-order valence-electron chi connectivity index (χ1n) is 7.88. The summed E-state index contributed by atoms with van der Waals surface area (Å²) in [4.78, 5) is 24.6. The van der Waals surface area contributed by atoms with Crippen molar-refractivity contribution in [3.05, 3.63) is 64.2 Å². The summed E-state index contributed by atoms with van der Waals surface area (Å²) in [5.74, 6) is -0.685. The molecule has 126 valence electrons. The molecular weight excluding hydrogens is 308 g/mol. The third-order valence-corrected chi connectivity index (χ3v) is 4.29. The second-order valence-electron chi connectivity index (χ2n) is 6.12. The maximum Gasteiger partial charge on any atom is 0.291 e. The summed E-state index contributed by atoms with van der Waals surface area (Å²) >= 11 is 0. The maximum atomic E-state index is 12.5. The van der Waals surface area contributed by atoms with Crippen LogP contribution in [0.1, 0.15) is 35.9 Å². The van der Waals surface area contributed by atoms with Crippen molar-refractivity contribution in [1.82, 2.24) is 5.32 Å². The Balaban J connectivity index is 1.80. The van der Waals surface area contributed by atoms with E-state index >= 15 is 0 Å². The zero-order valence-electron chi connectivity index (χ0n) is 13.5. The molecule has 1 fully saturated rings. The molecule has 3 N–H and O–H groups in total. The van der Waals surface area contributed by atoms with E-state index in [4.69, 9.17) is 14.9 Å². The molecule has 0 bridgehead atoms. The summed E-state index contributed by atoms with van der Waals surface area (Å²) in [7, 11) is 0. The lowest BCUT2D eigenvalue weighted by atomic mass is 10.1. The lowest BCUT2D eigenvalue weighted by molar-refractivity contribution is 0.0886. The normalized spacial score (nSPS) is 16.2. The van der Waals surface area contributed by atoms with Crippen molar-refractivity contribution in [3.63, 3.8) is 0 Å². The van der Waals surface area contributed by atoms with Gasteiger partial charge in [0.2, 0.25) is 16.9 Å². The predicted octanol–water partition coefficient (Wildman–Crippen LogP) is 1.83. The first kappa shape index (κ1) is 16.3. The number of amides is 1. The predicted molar refractivity (Wildman–Crippen MR) is 88.8 cm³/mol.